The summed E-state index contributed by atoms with van der Waals surface area (Å²) in [4.78, 5) is 16.3. The molecule has 0 atom stereocenters. The molecule has 0 radical (unpaired) electrons. The Kier molecular flexibility index (Phi) is 5.97. The van der Waals surface area contributed by atoms with Crippen LogP contribution in [0.3, 0.4) is 0 Å². The molecule has 144 valence electrons. The summed E-state index contributed by atoms with van der Waals surface area (Å²) in [5.74, 6) is 0.794. The van der Waals surface area contributed by atoms with Gasteiger partial charge in [-0.15, -0.1) is 0 Å². The third-order valence-corrected chi connectivity index (χ3v) is 5.61. The quantitative estimate of drug-likeness (QED) is 0.841. The Balaban J connectivity index is 1.33. The number of aliphatic hydroxyl groups excluding tert-OH is 1. The highest BCUT2D eigenvalue weighted by atomic mass is 16.3. The number of rotatable bonds is 6. The van der Waals surface area contributed by atoms with Gasteiger partial charge in [0.2, 0.25) is 0 Å². The van der Waals surface area contributed by atoms with Crippen LogP contribution in [0.4, 0.5) is 5.69 Å². The van der Waals surface area contributed by atoms with Crippen LogP contribution in [0, 0.1) is 0 Å². The van der Waals surface area contributed by atoms with E-state index in [1.807, 2.05) is 12.4 Å². The molecule has 2 saturated heterocycles. The first-order valence-electron chi connectivity index (χ1n) is 10.0. The molecule has 4 rings (SSSR count). The lowest BCUT2D eigenvalue weighted by molar-refractivity contribution is 0.108. The predicted octanol–water partition coefficient (Wildman–Crippen LogP) is 1.85. The minimum absolute atomic E-state index is 0.253. The van der Waals surface area contributed by atoms with Crippen LogP contribution in [0.5, 0.6) is 0 Å². The molecule has 0 spiro atoms. The van der Waals surface area contributed by atoms with Gasteiger partial charge in [0.05, 0.1) is 24.7 Å². The molecule has 1 aromatic carbocycles. The van der Waals surface area contributed by atoms with Crippen LogP contribution < -0.4 is 4.90 Å². The number of aliphatic hydroxyl groups is 1. The molecule has 2 aliphatic heterocycles. The minimum atomic E-state index is 0.253. The topological polar surface area (TPSA) is 55.7 Å². The number of benzene rings is 1. The molecule has 27 heavy (non-hydrogen) atoms. The van der Waals surface area contributed by atoms with Gasteiger partial charge in [0.25, 0.3) is 0 Å². The van der Waals surface area contributed by atoms with Gasteiger partial charge in [0.15, 0.2) is 5.82 Å². The Morgan fingerprint density at radius 2 is 1.44 bits per heavy atom. The smallest absolute Gasteiger partial charge is 0.159 e. The van der Waals surface area contributed by atoms with Crippen molar-refractivity contribution < 1.29 is 5.11 Å². The molecule has 2 aliphatic rings. The third-order valence-electron chi connectivity index (χ3n) is 5.61. The lowest BCUT2D eigenvalue weighted by Crippen LogP contribution is -2.46. The number of hydrogen-bond donors (Lipinski definition) is 1. The van der Waals surface area contributed by atoms with Crippen LogP contribution in [0.25, 0.3) is 11.4 Å². The number of hydrogen-bond acceptors (Lipinski definition) is 6. The lowest BCUT2D eigenvalue weighted by Gasteiger charge is -2.34. The molecular formula is C21H29N5O. The molecule has 0 amide bonds. The normalized spacial score (nSPS) is 18.9. The Hall–Kier alpha value is -2.02. The van der Waals surface area contributed by atoms with E-state index in [0.29, 0.717) is 0 Å². The standard InChI is InChI=1S/C21H29N5O/c27-14-13-24-9-11-25(12-10-24)17-18-3-5-19(6-4-18)21-22-15-20(16-23-21)26-7-1-2-8-26/h3-6,15-16,27H,1-2,7-14,17H2. The van der Waals surface area contributed by atoms with Crippen LogP contribution >= 0.6 is 0 Å². The van der Waals surface area contributed by atoms with Crippen LogP contribution in [0.15, 0.2) is 36.7 Å². The maximum Gasteiger partial charge on any atom is 0.159 e. The Bertz CT molecular complexity index is 704. The number of anilines is 1. The maximum absolute atomic E-state index is 9.04. The average Bonchev–Trinajstić information content (AvgIpc) is 3.25. The van der Waals surface area contributed by atoms with Gasteiger partial charge >= 0.3 is 0 Å². The van der Waals surface area contributed by atoms with Gasteiger partial charge in [-0.2, -0.15) is 0 Å². The fourth-order valence-electron chi connectivity index (χ4n) is 3.94. The van der Waals surface area contributed by atoms with E-state index in [1.54, 1.807) is 0 Å². The summed E-state index contributed by atoms with van der Waals surface area (Å²) in [6, 6.07) is 8.63. The van der Waals surface area contributed by atoms with Crippen molar-refractivity contribution in [3.63, 3.8) is 0 Å². The zero-order valence-corrected chi connectivity index (χ0v) is 15.9. The molecule has 2 fully saturated rings. The number of nitrogens with zero attached hydrogens (tertiary/aromatic N) is 5. The fourth-order valence-corrected chi connectivity index (χ4v) is 3.94. The minimum Gasteiger partial charge on any atom is -0.395 e. The second-order valence-electron chi connectivity index (χ2n) is 7.50. The molecule has 0 aliphatic carbocycles. The van der Waals surface area contributed by atoms with Crippen LogP contribution in [0.2, 0.25) is 0 Å². The monoisotopic (exact) mass is 367 g/mol. The van der Waals surface area contributed by atoms with Crippen molar-refractivity contribution in [1.82, 2.24) is 19.8 Å². The maximum atomic E-state index is 9.04. The summed E-state index contributed by atoms with van der Waals surface area (Å²) < 4.78 is 0. The Morgan fingerprint density at radius 1 is 0.815 bits per heavy atom. The van der Waals surface area contributed by atoms with Gasteiger partial charge < -0.3 is 10.0 Å². The van der Waals surface area contributed by atoms with Gasteiger partial charge in [0, 0.05) is 57.9 Å². The molecular weight excluding hydrogens is 338 g/mol. The van der Waals surface area contributed by atoms with Crippen molar-refractivity contribution >= 4 is 5.69 Å². The molecule has 6 heteroatoms. The van der Waals surface area contributed by atoms with Gasteiger partial charge in [-0.25, -0.2) is 9.97 Å². The molecule has 0 saturated carbocycles. The highest BCUT2D eigenvalue weighted by molar-refractivity contribution is 5.57. The molecule has 1 N–H and O–H groups in total. The van der Waals surface area contributed by atoms with Crippen molar-refractivity contribution in [2.45, 2.75) is 19.4 Å². The molecule has 1 aromatic heterocycles. The van der Waals surface area contributed by atoms with Crippen LogP contribution in [-0.2, 0) is 6.54 Å². The first kappa shape index (κ1) is 18.3. The summed E-state index contributed by atoms with van der Waals surface area (Å²) >= 11 is 0. The van der Waals surface area contributed by atoms with Crippen molar-refractivity contribution in [2.75, 3.05) is 57.3 Å². The van der Waals surface area contributed by atoms with Gasteiger partial charge in [0.1, 0.15) is 0 Å². The zero-order valence-electron chi connectivity index (χ0n) is 15.9. The van der Waals surface area contributed by atoms with E-state index in [2.05, 4.69) is 48.9 Å². The number of β-amino-alcohol motifs (C(OH)–C–C–N with tert-alkyl or cyclic N) is 1. The molecule has 0 bridgehead atoms. The summed E-state index contributed by atoms with van der Waals surface area (Å²) in [5.41, 5.74) is 3.52. The van der Waals surface area contributed by atoms with E-state index < -0.39 is 0 Å². The number of piperazine rings is 1. The molecule has 6 nitrogen and oxygen atoms in total. The van der Waals surface area contributed by atoms with Crippen molar-refractivity contribution in [3.05, 3.63) is 42.2 Å². The Labute approximate surface area is 161 Å². The molecule has 2 aromatic rings. The van der Waals surface area contributed by atoms with E-state index in [9.17, 15) is 0 Å². The van der Waals surface area contributed by atoms with Crippen molar-refractivity contribution in [1.29, 1.82) is 0 Å². The average molecular weight is 367 g/mol. The SMILES string of the molecule is OCCN1CCN(Cc2ccc(-c3ncc(N4CCCC4)cn3)cc2)CC1. The first-order valence-corrected chi connectivity index (χ1v) is 10.0. The van der Waals surface area contributed by atoms with E-state index in [4.69, 9.17) is 5.11 Å². The summed E-state index contributed by atoms with van der Waals surface area (Å²) in [6.45, 7) is 8.44. The number of aromatic nitrogens is 2. The first-order chi connectivity index (χ1) is 13.3. The van der Waals surface area contributed by atoms with Crippen LogP contribution in [-0.4, -0.2) is 77.3 Å². The third kappa shape index (κ3) is 4.64. The van der Waals surface area contributed by atoms with Gasteiger partial charge in [-0.3, -0.25) is 9.80 Å². The predicted molar refractivity (Wildman–Crippen MR) is 108 cm³/mol. The highest BCUT2D eigenvalue weighted by Gasteiger charge is 2.16. The highest BCUT2D eigenvalue weighted by Crippen LogP contribution is 2.21. The molecule has 3 heterocycles. The zero-order chi connectivity index (χ0) is 18.5. The second-order valence-corrected chi connectivity index (χ2v) is 7.50. The van der Waals surface area contributed by atoms with Gasteiger partial charge in [-0.1, -0.05) is 24.3 Å². The van der Waals surface area contributed by atoms with E-state index >= 15 is 0 Å². The van der Waals surface area contributed by atoms with Crippen molar-refractivity contribution in [3.8, 4) is 11.4 Å². The van der Waals surface area contributed by atoms with E-state index in [-0.39, 0.29) is 6.61 Å². The summed E-state index contributed by atoms with van der Waals surface area (Å²) in [6.07, 6.45) is 6.43. The largest absolute Gasteiger partial charge is 0.395 e. The van der Waals surface area contributed by atoms with Crippen LogP contribution in [0.1, 0.15) is 18.4 Å². The second kappa shape index (κ2) is 8.78. The summed E-state index contributed by atoms with van der Waals surface area (Å²) in [5, 5.41) is 9.04. The lowest BCUT2D eigenvalue weighted by atomic mass is 10.1. The van der Waals surface area contributed by atoms with Crippen molar-refractivity contribution in [2.24, 2.45) is 0 Å². The Morgan fingerprint density at radius 3 is 2.07 bits per heavy atom. The fraction of sp³-hybridized carbons (Fsp3) is 0.524. The van der Waals surface area contributed by atoms with Gasteiger partial charge in [-0.05, 0) is 18.4 Å². The molecule has 0 unspecified atom stereocenters. The van der Waals surface area contributed by atoms with E-state index in [1.165, 1.54) is 18.4 Å². The van der Waals surface area contributed by atoms with E-state index in [0.717, 1.165) is 69.4 Å². The summed E-state index contributed by atoms with van der Waals surface area (Å²) in [7, 11) is 0.